The number of hydrogen-bond donors (Lipinski definition) is 0. The summed E-state index contributed by atoms with van der Waals surface area (Å²) in [5, 5.41) is 0. The van der Waals surface area contributed by atoms with Crippen LogP contribution in [0, 0.1) is 0 Å². The van der Waals surface area contributed by atoms with Gasteiger partial charge in [0.05, 0.1) is 23.4 Å². The molecule has 2 amide bonds. The van der Waals surface area contributed by atoms with Crippen molar-refractivity contribution >= 4 is 27.5 Å². The van der Waals surface area contributed by atoms with E-state index in [0.29, 0.717) is 28.4 Å². The highest BCUT2D eigenvalue weighted by atomic mass is 32.2. The topological polar surface area (TPSA) is 92.1 Å². The minimum atomic E-state index is -3.71. The molecule has 1 aliphatic carbocycles. The lowest BCUT2D eigenvalue weighted by Gasteiger charge is -2.13. The molecule has 3 aromatic rings. The van der Waals surface area contributed by atoms with Crippen LogP contribution in [0.4, 0.5) is 0 Å². The molecule has 1 aromatic carbocycles. The van der Waals surface area contributed by atoms with Crippen molar-refractivity contribution in [3.63, 3.8) is 0 Å². The third-order valence-corrected chi connectivity index (χ3v) is 7.41. The SMILES string of the molecule is CN(C)S(=O)(=O)c1cc(C2CC2)cn2cc(CN3C(=O)c4ccccc4C3=O)nc12. The predicted octanol–water partition coefficient (Wildman–Crippen LogP) is 2.26. The number of imide groups is 1. The van der Waals surface area contributed by atoms with Gasteiger partial charge in [0.1, 0.15) is 4.90 Å². The maximum atomic E-state index is 12.9. The summed E-state index contributed by atoms with van der Waals surface area (Å²) < 4.78 is 28.7. The van der Waals surface area contributed by atoms with Gasteiger partial charge in [0, 0.05) is 26.5 Å². The number of carbonyl (C=O) groups excluding carboxylic acids is 2. The van der Waals surface area contributed by atoms with E-state index in [4.69, 9.17) is 0 Å². The van der Waals surface area contributed by atoms with Gasteiger partial charge in [-0.05, 0) is 42.5 Å². The lowest BCUT2D eigenvalue weighted by atomic mass is 10.1. The van der Waals surface area contributed by atoms with Crippen molar-refractivity contribution < 1.29 is 18.0 Å². The second-order valence-electron chi connectivity index (χ2n) is 7.90. The van der Waals surface area contributed by atoms with E-state index >= 15 is 0 Å². The third-order valence-electron chi connectivity index (χ3n) is 5.59. The number of fused-ring (bicyclic) bond motifs is 2. The van der Waals surface area contributed by atoms with Crippen LogP contribution >= 0.6 is 0 Å². The highest BCUT2D eigenvalue weighted by Crippen LogP contribution is 2.41. The molecule has 0 radical (unpaired) electrons. The first-order valence-electron chi connectivity index (χ1n) is 9.66. The Morgan fingerprint density at radius 1 is 1.07 bits per heavy atom. The minimum Gasteiger partial charge on any atom is -0.305 e. The Bertz CT molecular complexity index is 1290. The van der Waals surface area contributed by atoms with Crippen molar-refractivity contribution in [2.75, 3.05) is 14.1 Å². The molecule has 0 N–H and O–H groups in total. The van der Waals surface area contributed by atoms with E-state index in [1.807, 2.05) is 6.20 Å². The van der Waals surface area contributed by atoms with Crippen LogP contribution in [0.2, 0.25) is 0 Å². The highest BCUT2D eigenvalue weighted by molar-refractivity contribution is 7.89. The zero-order chi connectivity index (χ0) is 21.2. The van der Waals surface area contributed by atoms with E-state index in [-0.39, 0.29) is 23.3 Å². The molecule has 8 nitrogen and oxygen atoms in total. The molecule has 0 spiro atoms. The van der Waals surface area contributed by atoms with Gasteiger partial charge in [-0.3, -0.25) is 14.5 Å². The van der Waals surface area contributed by atoms with Gasteiger partial charge < -0.3 is 4.40 Å². The van der Waals surface area contributed by atoms with Crippen LogP contribution in [0.25, 0.3) is 5.65 Å². The number of nitrogens with zero attached hydrogens (tertiary/aromatic N) is 4. The van der Waals surface area contributed by atoms with Crippen molar-refractivity contribution in [3.8, 4) is 0 Å². The van der Waals surface area contributed by atoms with Gasteiger partial charge in [-0.1, -0.05) is 12.1 Å². The van der Waals surface area contributed by atoms with Gasteiger partial charge in [-0.15, -0.1) is 0 Å². The van der Waals surface area contributed by atoms with E-state index in [2.05, 4.69) is 4.98 Å². The number of amides is 2. The van der Waals surface area contributed by atoms with Crippen molar-refractivity contribution in [2.24, 2.45) is 0 Å². The lowest BCUT2D eigenvalue weighted by molar-refractivity contribution is 0.0640. The maximum absolute atomic E-state index is 12.9. The van der Waals surface area contributed by atoms with Crippen molar-refractivity contribution in [3.05, 3.63) is 65.1 Å². The van der Waals surface area contributed by atoms with Gasteiger partial charge in [-0.25, -0.2) is 17.7 Å². The average Bonchev–Trinajstić information content (AvgIpc) is 3.45. The fourth-order valence-electron chi connectivity index (χ4n) is 3.79. The number of carbonyl (C=O) groups is 2. The summed E-state index contributed by atoms with van der Waals surface area (Å²) in [6.07, 6.45) is 5.65. The van der Waals surface area contributed by atoms with Crippen LogP contribution in [0.3, 0.4) is 0 Å². The predicted molar refractivity (Wildman–Crippen MR) is 109 cm³/mol. The number of hydrogen-bond acceptors (Lipinski definition) is 5. The molecule has 9 heteroatoms. The third kappa shape index (κ3) is 2.85. The van der Waals surface area contributed by atoms with Gasteiger partial charge in [0.2, 0.25) is 10.0 Å². The van der Waals surface area contributed by atoms with Crippen molar-refractivity contribution in [1.29, 1.82) is 0 Å². The Kier molecular flexibility index (Phi) is 4.09. The van der Waals surface area contributed by atoms with Crippen LogP contribution in [-0.2, 0) is 16.6 Å². The smallest absolute Gasteiger partial charge is 0.261 e. The summed E-state index contributed by atoms with van der Waals surface area (Å²) in [4.78, 5) is 31.1. The largest absolute Gasteiger partial charge is 0.305 e. The van der Waals surface area contributed by atoms with E-state index in [9.17, 15) is 18.0 Å². The van der Waals surface area contributed by atoms with Gasteiger partial charge in [-0.2, -0.15) is 0 Å². The first-order valence-corrected chi connectivity index (χ1v) is 11.1. The Morgan fingerprint density at radius 3 is 2.27 bits per heavy atom. The van der Waals surface area contributed by atoms with Crippen molar-refractivity contribution in [2.45, 2.75) is 30.2 Å². The molecule has 2 aliphatic rings. The van der Waals surface area contributed by atoms with Crippen molar-refractivity contribution in [1.82, 2.24) is 18.6 Å². The summed E-state index contributed by atoms with van der Waals surface area (Å²) in [6.45, 7) is -0.0196. The quantitative estimate of drug-likeness (QED) is 0.586. The number of benzene rings is 1. The fourth-order valence-corrected chi connectivity index (χ4v) is 4.85. The average molecular weight is 424 g/mol. The molecule has 3 heterocycles. The van der Waals surface area contributed by atoms with Gasteiger partial charge >= 0.3 is 0 Å². The molecule has 154 valence electrons. The zero-order valence-electron chi connectivity index (χ0n) is 16.6. The molecule has 0 saturated heterocycles. The van der Waals surface area contributed by atoms with Crippen LogP contribution in [0.5, 0.6) is 0 Å². The molecule has 5 rings (SSSR count). The normalized spacial score (nSPS) is 16.7. The molecule has 30 heavy (non-hydrogen) atoms. The Morgan fingerprint density at radius 2 is 1.70 bits per heavy atom. The summed E-state index contributed by atoms with van der Waals surface area (Å²) in [7, 11) is -0.740. The fraction of sp³-hybridized carbons (Fsp3) is 0.286. The van der Waals surface area contributed by atoms with Crippen LogP contribution in [0.1, 0.15) is 50.7 Å². The summed E-state index contributed by atoms with van der Waals surface area (Å²) in [6, 6.07) is 8.39. The first-order chi connectivity index (χ1) is 14.3. The molecule has 0 bridgehead atoms. The Balaban J connectivity index is 1.57. The molecule has 2 aromatic heterocycles. The summed E-state index contributed by atoms with van der Waals surface area (Å²) in [5.74, 6) is -0.382. The number of aromatic nitrogens is 2. The number of sulfonamides is 1. The first kappa shape index (κ1) is 19.0. The highest BCUT2D eigenvalue weighted by Gasteiger charge is 2.36. The molecular formula is C21H20N4O4S. The molecule has 1 fully saturated rings. The zero-order valence-corrected chi connectivity index (χ0v) is 17.4. The minimum absolute atomic E-state index is 0.0196. The van der Waals surface area contributed by atoms with Gasteiger partial charge in [0.15, 0.2) is 5.65 Å². The summed E-state index contributed by atoms with van der Waals surface area (Å²) in [5.41, 5.74) is 2.44. The number of pyridine rings is 1. The Labute approximate surface area is 173 Å². The van der Waals surface area contributed by atoms with Crippen LogP contribution in [0.15, 0.2) is 47.6 Å². The van der Waals surface area contributed by atoms with E-state index in [0.717, 1.165) is 27.6 Å². The standard InChI is InChI=1S/C21H20N4O4S/c1-23(2)30(28,29)18-9-14(13-7-8-13)10-24-11-15(22-19(18)24)12-25-20(26)16-5-3-4-6-17(16)21(25)27/h3-6,9-11,13H,7-8,12H2,1-2H3. The lowest BCUT2D eigenvalue weighted by Crippen LogP contribution is -2.29. The van der Waals surface area contributed by atoms with E-state index < -0.39 is 10.0 Å². The molecule has 0 unspecified atom stereocenters. The number of imidazole rings is 1. The molecular weight excluding hydrogens is 404 g/mol. The van der Waals surface area contributed by atoms with Crippen LogP contribution < -0.4 is 0 Å². The molecule has 0 atom stereocenters. The molecule has 1 aliphatic heterocycles. The van der Waals surface area contributed by atoms with Gasteiger partial charge in [0.25, 0.3) is 11.8 Å². The van der Waals surface area contributed by atoms with Crippen LogP contribution in [-0.4, -0.2) is 52.9 Å². The second kappa shape index (κ2) is 6.48. The Hall–Kier alpha value is -3.04. The van der Waals surface area contributed by atoms with E-state index in [1.54, 1.807) is 40.9 Å². The molecule has 1 saturated carbocycles. The number of rotatable bonds is 5. The maximum Gasteiger partial charge on any atom is 0.261 e. The summed E-state index contributed by atoms with van der Waals surface area (Å²) >= 11 is 0. The second-order valence-corrected chi connectivity index (χ2v) is 10.0. The van der Waals surface area contributed by atoms with E-state index in [1.165, 1.54) is 14.1 Å². The monoisotopic (exact) mass is 424 g/mol.